The number of esters is 1. The van der Waals surface area contributed by atoms with Crippen molar-refractivity contribution in [2.24, 2.45) is 11.8 Å². The van der Waals surface area contributed by atoms with E-state index in [9.17, 15) is 9.90 Å². The first-order valence-electron chi connectivity index (χ1n) is 7.11. The molecule has 0 aromatic carbocycles. The monoisotopic (exact) mass is 255 g/mol. The number of likely N-dealkylation sites (tertiary alicyclic amines) is 1. The van der Waals surface area contributed by atoms with E-state index in [1.165, 1.54) is 32.8 Å². The minimum Gasteiger partial charge on any atom is -0.468 e. The highest BCUT2D eigenvalue weighted by molar-refractivity contribution is 5.76. The fourth-order valence-electron chi connectivity index (χ4n) is 3.43. The maximum atomic E-state index is 11.7. The molecule has 2 rings (SSSR count). The normalized spacial score (nSPS) is 37.7. The quantitative estimate of drug-likeness (QED) is 0.775. The van der Waals surface area contributed by atoms with Crippen LogP contribution in [0.2, 0.25) is 0 Å². The van der Waals surface area contributed by atoms with E-state index < -0.39 is 0 Å². The first-order chi connectivity index (χ1) is 8.61. The van der Waals surface area contributed by atoms with Crippen molar-refractivity contribution in [2.75, 3.05) is 20.2 Å². The second kappa shape index (κ2) is 6.02. The van der Waals surface area contributed by atoms with Crippen molar-refractivity contribution >= 4 is 5.97 Å². The Kier molecular flexibility index (Phi) is 4.62. The highest BCUT2D eigenvalue weighted by Gasteiger charge is 2.38. The summed E-state index contributed by atoms with van der Waals surface area (Å²) in [6.45, 7) is 3.85. The first-order valence-corrected chi connectivity index (χ1v) is 7.11. The van der Waals surface area contributed by atoms with Crippen LogP contribution in [0.25, 0.3) is 0 Å². The van der Waals surface area contributed by atoms with Crippen LogP contribution in [0.15, 0.2) is 0 Å². The summed E-state index contributed by atoms with van der Waals surface area (Å²) in [5, 5.41) is 9.76. The molecule has 2 aliphatic rings. The summed E-state index contributed by atoms with van der Waals surface area (Å²) in [5.74, 6) is 1.20. The van der Waals surface area contributed by atoms with Crippen molar-refractivity contribution in [1.82, 2.24) is 4.90 Å². The fraction of sp³-hybridized carbons (Fsp3) is 0.929. The van der Waals surface area contributed by atoms with Crippen LogP contribution in [0.4, 0.5) is 0 Å². The third-order valence-electron chi connectivity index (χ3n) is 4.61. The van der Waals surface area contributed by atoms with Crippen molar-refractivity contribution in [2.45, 2.75) is 51.2 Å². The summed E-state index contributed by atoms with van der Waals surface area (Å²) in [4.78, 5) is 13.8. The molecule has 2 fully saturated rings. The molecule has 0 bridgehead atoms. The molecule has 0 unspecified atom stereocenters. The van der Waals surface area contributed by atoms with Crippen LogP contribution in [0.3, 0.4) is 0 Å². The van der Waals surface area contributed by atoms with Crippen LogP contribution in [0.5, 0.6) is 0 Å². The van der Waals surface area contributed by atoms with Crippen molar-refractivity contribution in [3.05, 3.63) is 0 Å². The van der Waals surface area contributed by atoms with Crippen LogP contribution in [-0.4, -0.2) is 48.3 Å². The molecule has 0 spiro atoms. The Bertz CT molecular complexity index is 295. The number of hydrogen-bond donors (Lipinski definition) is 1. The molecule has 18 heavy (non-hydrogen) atoms. The van der Waals surface area contributed by atoms with Gasteiger partial charge in [-0.15, -0.1) is 0 Å². The summed E-state index contributed by atoms with van der Waals surface area (Å²) in [7, 11) is 1.43. The molecule has 1 aliphatic heterocycles. The number of aliphatic hydroxyl groups excluding tert-OH is 1. The third-order valence-corrected chi connectivity index (χ3v) is 4.61. The number of nitrogens with zero attached hydrogens (tertiary/aromatic N) is 1. The van der Waals surface area contributed by atoms with Gasteiger partial charge in [-0.25, -0.2) is 0 Å². The van der Waals surface area contributed by atoms with E-state index in [1.807, 2.05) is 0 Å². The van der Waals surface area contributed by atoms with E-state index in [1.54, 1.807) is 0 Å². The lowest BCUT2D eigenvalue weighted by atomic mass is 9.80. The Balaban J connectivity index is 1.95. The van der Waals surface area contributed by atoms with Gasteiger partial charge >= 0.3 is 5.97 Å². The van der Waals surface area contributed by atoms with Gasteiger partial charge in [0, 0.05) is 19.5 Å². The molecule has 1 N–H and O–H groups in total. The number of ether oxygens (including phenoxy) is 1. The Morgan fingerprint density at radius 1 is 1.39 bits per heavy atom. The SMILES string of the molecule is COC(=O)[C@@H]1C[C@H](O)CN1C[C@H]1CCCC[C@H]1C. The van der Waals surface area contributed by atoms with E-state index in [0.29, 0.717) is 18.9 Å². The van der Waals surface area contributed by atoms with Gasteiger partial charge in [-0.05, 0) is 18.3 Å². The van der Waals surface area contributed by atoms with Gasteiger partial charge in [0.25, 0.3) is 0 Å². The summed E-state index contributed by atoms with van der Waals surface area (Å²) in [6.07, 6.45) is 5.32. The summed E-state index contributed by atoms with van der Waals surface area (Å²) < 4.78 is 4.84. The molecular formula is C14H25NO3. The lowest BCUT2D eigenvalue weighted by molar-refractivity contribution is -0.146. The molecule has 1 aliphatic carbocycles. The van der Waals surface area contributed by atoms with Gasteiger partial charge in [0.2, 0.25) is 0 Å². The van der Waals surface area contributed by atoms with Gasteiger partial charge < -0.3 is 9.84 Å². The van der Waals surface area contributed by atoms with Gasteiger partial charge in [-0.3, -0.25) is 9.69 Å². The fourth-order valence-corrected chi connectivity index (χ4v) is 3.43. The Morgan fingerprint density at radius 3 is 2.78 bits per heavy atom. The van der Waals surface area contributed by atoms with E-state index in [2.05, 4.69) is 11.8 Å². The predicted octanol–water partition coefficient (Wildman–Crippen LogP) is 1.42. The van der Waals surface area contributed by atoms with Crippen LogP contribution < -0.4 is 0 Å². The molecule has 1 heterocycles. The molecule has 0 aromatic heterocycles. The second-order valence-electron chi connectivity index (χ2n) is 5.90. The zero-order chi connectivity index (χ0) is 13.1. The Morgan fingerprint density at radius 2 is 2.11 bits per heavy atom. The van der Waals surface area contributed by atoms with Crippen LogP contribution in [0, 0.1) is 11.8 Å². The number of methoxy groups -OCH3 is 1. The van der Waals surface area contributed by atoms with E-state index >= 15 is 0 Å². The van der Waals surface area contributed by atoms with Crippen LogP contribution in [-0.2, 0) is 9.53 Å². The zero-order valence-corrected chi connectivity index (χ0v) is 11.5. The van der Waals surface area contributed by atoms with Crippen molar-refractivity contribution in [3.8, 4) is 0 Å². The van der Waals surface area contributed by atoms with Crippen molar-refractivity contribution in [1.29, 1.82) is 0 Å². The predicted molar refractivity (Wildman–Crippen MR) is 69.1 cm³/mol. The number of carbonyl (C=O) groups excluding carboxylic acids is 1. The van der Waals surface area contributed by atoms with Gasteiger partial charge in [0.1, 0.15) is 6.04 Å². The maximum absolute atomic E-state index is 11.7. The third kappa shape index (κ3) is 3.04. The summed E-state index contributed by atoms with van der Waals surface area (Å²) in [6, 6.07) is -0.237. The molecule has 4 heteroatoms. The lowest BCUT2D eigenvalue weighted by Gasteiger charge is -2.33. The van der Waals surface area contributed by atoms with Gasteiger partial charge in [0.05, 0.1) is 13.2 Å². The highest BCUT2D eigenvalue weighted by Crippen LogP contribution is 2.32. The van der Waals surface area contributed by atoms with E-state index in [-0.39, 0.29) is 18.1 Å². The van der Waals surface area contributed by atoms with E-state index in [4.69, 9.17) is 4.74 Å². The summed E-state index contributed by atoms with van der Waals surface area (Å²) in [5.41, 5.74) is 0. The van der Waals surface area contributed by atoms with Gasteiger partial charge in [-0.1, -0.05) is 26.2 Å². The number of carbonyl (C=O) groups is 1. The van der Waals surface area contributed by atoms with Crippen molar-refractivity contribution < 1.29 is 14.6 Å². The smallest absolute Gasteiger partial charge is 0.323 e. The largest absolute Gasteiger partial charge is 0.468 e. The molecule has 4 nitrogen and oxygen atoms in total. The van der Waals surface area contributed by atoms with Crippen LogP contribution in [0.1, 0.15) is 39.0 Å². The molecule has 0 aromatic rings. The molecular weight excluding hydrogens is 230 g/mol. The maximum Gasteiger partial charge on any atom is 0.323 e. The molecule has 0 radical (unpaired) electrons. The van der Waals surface area contributed by atoms with Gasteiger partial charge in [-0.2, -0.15) is 0 Å². The first kappa shape index (κ1) is 13.8. The Hall–Kier alpha value is -0.610. The lowest BCUT2D eigenvalue weighted by Crippen LogP contribution is -2.41. The molecule has 104 valence electrons. The standard InChI is InChI=1S/C14H25NO3/c1-10-5-3-4-6-11(10)8-15-9-12(16)7-13(15)14(17)18-2/h10-13,16H,3-9H2,1-2H3/t10-,11-,12+,13+/m1/s1. The molecule has 1 saturated carbocycles. The minimum atomic E-state index is -0.381. The average molecular weight is 255 g/mol. The molecule has 0 amide bonds. The van der Waals surface area contributed by atoms with E-state index in [0.717, 1.165) is 12.5 Å². The number of rotatable bonds is 3. The average Bonchev–Trinajstić information content (AvgIpc) is 2.72. The molecule has 4 atom stereocenters. The highest BCUT2D eigenvalue weighted by atomic mass is 16.5. The second-order valence-corrected chi connectivity index (χ2v) is 5.90. The zero-order valence-electron chi connectivity index (χ0n) is 11.5. The van der Waals surface area contributed by atoms with Crippen LogP contribution >= 0.6 is 0 Å². The topological polar surface area (TPSA) is 49.8 Å². The number of aliphatic hydroxyl groups is 1. The summed E-state index contributed by atoms with van der Waals surface area (Å²) >= 11 is 0. The Labute approximate surface area is 109 Å². The number of β-amino-alcohol motifs (C(OH)–C–C–N with tert-alkyl or cyclic N) is 1. The number of hydrogen-bond acceptors (Lipinski definition) is 4. The van der Waals surface area contributed by atoms with Gasteiger partial charge in [0.15, 0.2) is 0 Å². The molecule has 1 saturated heterocycles. The van der Waals surface area contributed by atoms with Crippen molar-refractivity contribution in [3.63, 3.8) is 0 Å². The minimum absolute atomic E-state index is 0.199.